The molecule has 0 aromatic rings. The predicted molar refractivity (Wildman–Crippen MR) is 60.4 cm³/mol. The molecule has 0 heterocycles. The van der Waals surface area contributed by atoms with Gasteiger partial charge < -0.3 is 10.1 Å². The van der Waals surface area contributed by atoms with E-state index in [4.69, 9.17) is 11.2 Å². The largest absolute Gasteiger partial charge is 0.379 e. The van der Waals surface area contributed by atoms with Crippen molar-refractivity contribution in [3.8, 4) is 12.3 Å². The highest BCUT2D eigenvalue weighted by atomic mass is 16.5. The van der Waals surface area contributed by atoms with Gasteiger partial charge in [-0.15, -0.1) is 6.42 Å². The average Bonchev–Trinajstić information content (AvgIpc) is 2.17. The maximum absolute atomic E-state index is 11.1. The second kappa shape index (κ2) is 9.50. The summed E-state index contributed by atoms with van der Waals surface area (Å²) in [6.45, 7) is 5.99. The summed E-state index contributed by atoms with van der Waals surface area (Å²) in [4.78, 5) is 11.1. The molecule has 0 atom stereocenters. The minimum absolute atomic E-state index is 0.0326. The van der Waals surface area contributed by atoms with E-state index in [2.05, 4.69) is 16.6 Å². The average molecular weight is 212 g/mol. The molecule has 0 aromatic heterocycles. The molecule has 0 saturated carbocycles. The normalized spacial score (nSPS) is 10.0. The maximum atomic E-state index is 11.1. The molecule has 0 bridgehead atoms. The van der Waals surface area contributed by atoms with Gasteiger partial charge in [0.2, 0.25) is 5.91 Å². The standard InChI is InChI=1S/C11H20N2O2/c1-4-6-12-9-11(14)13-7-5-8-15-10(2)3/h1,10,12H,5-9H2,2-3H3,(H,13,14). The Labute approximate surface area is 91.8 Å². The molecule has 0 spiro atoms. The Morgan fingerprint density at radius 1 is 1.53 bits per heavy atom. The van der Waals surface area contributed by atoms with Gasteiger partial charge in [-0.2, -0.15) is 0 Å². The fourth-order valence-corrected chi connectivity index (χ4v) is 0.930. The van der Waals surface area contributed by atoms with Crippen LogP contribution in [0.2, 0.25) is 0 Å². The van der Waals surface area contributed by atoms with Crippen LogP contribution in [0.25, 0.3) is 0 Å². The number of ether oxygens (including phenoxy) is 1. The van der Waals surface area contributed by atoms with Crippen molar-refractivity contribution in [2.45, 2.75) is 26.4 Å². The lowest BCUT2D eigenvalue weighted by atomic mass is 10.4. The third-order valence-electron chi connectivity index (χ3n) is 1.61. The van der Waals surface area contributed by atoms with Gasteiger partial charge in [0.15, 0.2) is 0 Å². The summed E-state index contributed by atoms with van der Waals surface area (Å²) in [6.07, 6.45) is 6.10. The number of hydrogen-bond acceptors (Lipinski definition) is 3. The van der Waals surface area contributed by atoms with E-state index >= 15 is 0 Å². The van der Waals surface area contributed by atoms with Crippen LogP contribution in [0.3, 0.4) is 0 Å². The molecule has 0 aliphatic rings. The molecule has 86 valence electrons. The van der Waals surface area contributed by atoms with Gasteiger partial charge in [-0.05, 0) is 20.3 Å². The zero-order valence-electron chi connectivity index (χ0n) is 9.51. The minimum atomic E-state index is -0.0326. The second-order valence-corrected chi connectivity index (χ2v) is 3.43. The van der Waals surface area contributed by atoms with Crippen LogP contribution >= 0.6 is 0 Å². The third-order valence-corrected chi connectivity index (χ3v) is 1.61. The Kier molecular flexibility index (Phi) is 8.84. The Morgan fingerprint density at radius 3 is 2.87 bits per heavy atom. The van der Waals surface area contributed by atoms with Crippen molar-refractivity contribution in [2.24, 2.45) is 0 Å². The lowest BCUT2D eigenvalue weighted by molar-refractivity contribution is -0.120. The zero-order chi connectivity index (χ0) is 11.5. The first kappa shape index (κ1) is 13.9. The van der Waals surface area contributed by atoms with E-state index in [1.54, 1.807) is 0 Å². The number of hydrogen-bond donors (Lipinski definition) is 2. The van der Waals surface area contributed by atoms with Gasteiger partial charge in [0.1, 0.15) is 0 Å². The van der Waals surface area contributed by atoms with Gasteiger partial charge in [0.25, 0.3) is 0 Å². The third kappa shape index (κ3) is 10.9. The molecular formula is C11H20N2O2. The Morgan fingerprint density at radius 2 is 2.27 bits per heavy atom. The smallest absolute Gasteiger partial charge is 0.233 e. The van der Waals surface area contributed by atoms with Crippen molar-refractivity contribution >= 4 is 5.91 Å². The highest BCUT2D eigenvalue weighted by Gasteiger charge is 1.98. The van der Waals surface area contributed by atoms with Gasteiger partial charge in [-0.1, -0.05) is 5.92 Å². The van der Waals surface area contributed by atoms with Crippen LogP contribution in [-0.2, 0) is 9.53 Å². The summed E-state index contributed by atoms with van der Waals surface area (Å²) >= 11 is 0. The molecule has 4 heteroatoms. The fourth-order valence-electron chi connectivity index (χ4n) is 0.930. The molecule has 0 rings (SSSR count). The summed E-state index contributed by atoms with van der Waals surface area (Å²) in [5.74, 6) is 2.37. The van der Waals surface area contributed by atoms with Crippen molar-refractivity contribution in [3.63, 3.8) is 0 Å². The monoisotopic (exact) mass is 212 g/mol. The van der Waals surface area contributed by atoms with Crippen LogP contribution in [0.15, 0.2) is 0 Å². The van der Waals surface area contributed by atoms with Gasteiger partial charge in [-0.3, -0.25) is 10.1 Å². The van der Waals surface area contributed by atoms with Crippen molar-refractivity contribution in [2.75, 3.05) is 26.2 Å². The quantitative estimate of drug-likeness (QED) is 0.444. The van der Waals surface area contributed by atoms with Gasteiger partial charge in [-0.25, -0.2) is 0 Å². The molecule has 15 heavy (non-hydrogen) atoms. The Hall–Kier alpha value is -1.05. The van der Waals surface area contributed by atoms with Crippen LogP contribution < -0.4 is 10.6 Å². The lowest BCUT2D eigenvalue weighted by Crippen LogP contribution is -2.34. The van der Waals surface area contributed by atoms with E-state index in [1.807, 2.05) is 13.8 Å². The Balaban J connectivity index is 3.21. The van der Waals surface area contributed by atoms with E-state index in [0.717, 1.165) is 6.42 Å². The zero-order valence-corrected chi connectivity index (χ0v) is 9.51. The summed E-state index contributed by atoms with van der Waals surface area (Å²) in [6, 6.07) is 0. The highest BCUT2D eigenvalue weighted by Crippen LogP contribution is 1.88. The summed E-state index contributed by atoms with van der Waals surface area (Å²) in [5.41, 5.74) is 0. The molecule has 0 aliphatic carbocycles. The van der Waals surface area contributed by atoms with E-state index in [9.17, 15) is 4.79 Å². The number of rotatable bonds is 8. The summed E-state index contributed by atoms with van der Waals surface area (Å²) in [7, 11) is 0. The van der Waals surface area contributed by atoms with E-state index in [1.165, 1.54) is 0 Å². The van der Waals surface area contributed by atoms with Gasteiger partial charge in [0, 0.05) is 13.2 Å². The van der Waals surface area contributed by atoms with Crippen LogP contribution in [0.1, 0.15) is 20.3 Å². The highest BCUT2D eigenvalue weighted by molar-refractivity contribution is 5.77. The molecule has 0 aliphatic heterocycles. The summed E-state index contributed by atoms with van der Waals surface area (Å²) < 4.78 is 5.33. The maximum Gasteiger partial charge on any atom is 0.233 e. The molecular weight excluding hydrogens is 192 g/mol. The molecule has 4 nitrogen and oxygen atoms in total. The SMILES string of the molecule is C#CCNCC(=O)NCCCOC(C)C. The van der Waals surface area contributed by atoms with Crippen LogP contribution in [-0.4, -0.2) is 38.3 Å². The Bertz CT molecular complexity index is 209. The second-order valence-electron chi connectivity index (χ2n) is 3.43. The van der Waals surface area contributed by atoms with E-state index < -0.39 is 0 Å². The minimum Gasteiger partial charge on any atom is -0.379 e. The van der Waals surface area contributed by atoms with Crippen molar-refractivity contribution < 1.29 is 9.53 Å². The molecule has 1 amide bonds. The van der Waals surface area contributed by atoms with Gasteiger partial charge in [0.05, 0.1) is 19.2 Å². The first-order chi connectivity index (χ1) is 7.16. The molecule has 0 unspecified atom stereocenters. The molecule has 0 fully saturated rings. The van der Waals surface area contributed by atoms with Crippen molar-refractivity contribution in [1.82, 2.24) is 10.6 Å². The van der Waals surface area contributed by atoms with E-state index in [0.29, 0.717) is 19.7 Å². The predicted octanol–water partition coefficient (Wildman–Crippen LogP) is 0.140. The van der Waals surface area contributed by atoms with Crippen LogP contribution in [0.4, 0.5) is 0 Å². The first-order valence-corrected chi connectivity index (χ1v) is 5.19. The topological polar surface area (TPSA) is 50.4 Å². The number of carbonyl (C=O) groups excluding carboxylic acids is 1. The van der Waals surface area contributed by atoms with E-state index in [-0.39, 0.29) is 18.6 Å². The van der Waals surface area contributed by atoms with Crippen LogP contribution in [0.5, 0.6) is 0 Å². The molecule has 2 N–H and O–H groups in total. The molecule has 0 radical (unpaired) electrons. The number of terminal acetylenes is 1. The first-order valence-electron chi connectivity index (χ1n) is 5.19. The fraction of sp³-hybridized carbons (Fsp3) is 0.727. The number of nitrogens with one attached hydrogen (secondary N) is 2. The van der Waals surface area contributed by atoms with Gasteiger partial charge >= 0.3 is 0 Å². The number of carbonyl (C=O) groups is 1. The van der Waals surface area contributed by atoms with Crippen molar-refractivity contribution in [3.05, 3.63) is 0 Å². The van der Waals surface area contributed by atoms with Crippen molar-refractivity contribution in [1.29, 1.82) is 0 Å². The van der Waals surface area contributed by atoms with Crippen LogP contribution in [0, 0.1) is 12.3 Å². The molecule has 0 aromatic carbocycles. The number of amides is 1. The lowest BCUT2D eigenvalue weighted by Gasteiger charge is -2.08. The summed E-state index contributed by atoms with van der Waals surface area (Å²) in [5, 5.41) is 5.58. The molecule has 0 saturated heterocycles.